The zero-order chi connectivity index (χ0) is 14.9. The molecule has 5 atom stereocenters. The molecule has 0 aromatic rings. The maximum absolute atomic E-state index is 12.8. The molecule has 2 aliphatic rings. The maximum atomic E-state index is 12.8. The minimum absolute atomic E-state index is 0.00556. The number of carbonyl (C=O) groups excluding carboxylic acids is 1. The van der Waals surface area contributed by atoms with Crippen molar-refractivity contribution in [3.8, 4) is 0 Å². The standard InChI is InChI=1S/C16H30N2O2/c1-6-11(4)14-16(19)18(15(17-14)10(2)3)12-7-8-13(9-12)20-5/h10-15,17H,6-9H2,1-5H3. The third-order valence-electron chi connectivity index (χ3n) is 5.10. The van der Waals surface area contributed by atoms with Gasteiger partial charge in [-0.05, 0) is 31.1 Å². The molecule has 116 valence electrons. The van der Waals surface area contributed by atoms with Gasteiger partial charge in [0.1, 0.15) is 0 Å². The van der Waals surface area contributed by atoms with E-state index in [1.54, 1.807) is 7.11 Å². The quantitative estimate of drug-likeness (QED) is 0.842. The highest BCUT2D eigenvalue weighted by atomic mass is 16.5. The van der Waals surface area contributed by atoms with E-state index in [0.29, 0.717) is 29.9 Å². The Morgan fingerprint density at radius 2 is 2.05 bits per heavy atom. The fourth-order valence-corrected chi connectivity index (χ4v) is 3.58. The minimum atomic E-state index is -0.00556. The molecule has 1 amide bonds. The van der Waals surface area contributed by atoms with Gasteiger partial charge in [-0.2, -0.15) is 0 Å². The molecule has 0 aromatic heterocycles. The lowest BCUT2D eigenvalue weighted by Crippen LogP contribution is -2.46. The zero-order valence-electron chi connectivity index (χ0n) is 13.6. The van der Waals surface area contributed by atoms with Crippen molar-refractivity contribution in [3.05, 3.63) is 0 Å². The molecule has 1 saturated carbocycles. The van der Waals surface area contributed by atoms with Crippen LogP contribution < -0.4 is 5.32 Å². The van der Waals surface area contributed by atoms with Crippen LogP contribution in [0.5, 0.6) is 0 Å². The second kappa shape index (κ2) is 6.44. The van der Waals surface area contributed by atoms with Crippen molar-refractivity contribution < 1.29 is 9.53 Å². The Hall–Kier alpha value is -0.610. The SMILES string of the molecule is CCC(C)C1NC(C(C)C)N(C2CCC(OC)C2)C1=O. The number of hydrogen-bond donors (Lipinski definition) is 1. The molecular weight excluding hydrogens is 252 g/mol. The summed E-state index contributed by atoms with van der Waals surface area (Å²) in [5, 5.41) is 3.59. The summed E-state index contributed by atoms with van der Waals surface area (Å²) in [7, 11) is 1.78. The lowest BCUT2D eigenvalue weighted by molar-refractivity contribution is -0.133. The fraction of sp³-hybridized carbons (Fsp3) is 0.938. The molecule has 2 fully saturated rings. The van der Waals surface area contributed by atoms with Crippen LogP contribution in [-0.2, 0) is 9.53 Å². The van der Waals surface area contributed by atoms with Crippen LogP contribution in [-0.4, -0.2) is 42.3 Å². The van der Waals surface area contributed by atoms with Crippen molar-refractivity contribution in [1.82, 2.24) is 10.2 Å². The van der Waals surface area contributed by atoms with Crippen LogP contribution in [0.1, 0.15) is 53.4 Å². The average molecular weight is 282 g/mol. The molecule has 0 bridgehead atoms. The number of methoxy groups -OCH3 is 1. The number of nitrogens with zero attached hydrogens (tertiary/aromatic N) is 1. The van der Waals surface area contributed by atoms with Gasteiger partial charge in [-0.25, -0.2) is 0 Å². The summed E-state index contributed by atoms with van der Waals surface area (Å²) in [5.74, 6) is 1.14. The third-order valence-corrected chi connectivity index (χ3v) is 5.10. The highest BCUT2D eigenvalue weighted by Gasteiger charge is 2.46. The Bertz CT molecular complexity index is 345. The summed E-state index contributed by atoms with van der Waals surface area (Å²) in [4.78, 5) is 15.0. The molecule has 1 N–H and O–H groups in total. The Labute approximate surface area is 123 Å². The van der Waals surface area contributed by atoms with Crippen LogP contribution in [0, 0.1) is 11.8 Å². The van der Waals surface area contributed by atoms with Crippen LogP contribution in [0.25, 0.3) is 0 Å². The van der Waals surface area contributed by atoms with Crippen molar-refractivity contribution in [2.24, 2.45) is 11.8 Å². The number of hydrogen-bond acceptors (Lipinski definition) is 3. The van der Waals surface area contributed by atoms with E-state index < -0.39 is 0 Å². The topological polar surface area (TPSA) is 41.6 Å². The van der Waals surface area contributed by atoms with Gasteiger partial charge in [0.25, 0.3) is 0 Å². The van der Waals surface area contributed by atoms with E-state index in [-0.39, 0.29) is 12.2 Å². The molecule has 1 aliphatic heterocycles. The predicted octanol–water partition coefficient (Wildman–Crippen LogP) is 2.38. The first-order valence-corrected chi connectivity index (χ1v) is 8.10. The Balaban J connectivity index is 2.14. The van der Waals surface area contributed by atoms with E-state index >= 15 is 0 Å². The second-order valence-corrected chi connectivity index (χ2v) is 6.79. The van der Waals surface area contributed by atoms with Crippen LogP contribution in [0.4, 0.5) is 0 Å². The number of nitrogens with one attached hydrogen (secondary N) is 1. The lowest BCUT2D eigenvalue weighted by atomic mass is 9.99. The molecule has 1 saturated heterocycles. The van der Waals surface area contributed by atoms with Gasteiger partial charge in [0.2, 0.25) is 5.91 Å². The number of carbonyl (C=O) groups is 1. The summed E-state index contributed by atoms with van der Waals surface area (Å²) in [5.41, 5.74) is 0. The summed E-state index contributed by atoms with van der Waals surface area (Å²) < 4.78 is 5.47. The summed E-state index contributed by atoms with van der Waals surface area (Å²) in [6, 6.07) is 0.343. The molecule has 4 heteroatoms. The van der Waals surface area contributed by atoms with Crippen molar-refractivity contribution in [2.45, 2.75) is 77.7 Å². The molecule has 0 radical (unpaired) electrons. The number of rotatable bonds is 5. The molecule has 1 aliphatic carbocycles. The summed E-state index contributed by atoms with van der Waals surface area (Å²) >= 11 is 0. The van der Waals surface area contributed by atoms with Crippen molar-refractivity contribution >= 4 is 5.91 Å². The molecule has 20 heavy (non-hydrogen) atoms. The first-order chi connectivity index (χ1) is 9.49. The Morgan fingerprint density at radius 1 is 1.35 bits per heavy atom. The molecule has 4 nitrogen and oxygen atoms in total. The van der Waals surface area contributed by atoms with Gasteiger partial charge in [-0.1, -0.05) is 34.1 Å². The van der Waals surface area contributed by atoms with Gasteiger partial charge >= 0.3 is 0 Å². The van der Waals surface area contributed by atoms with Crippen LogP contribution in [0.15, 0.2) is 0 Å². The smallest absolute Gasteiger partial charge is 0.241 e. The van der Waals surface area contributed by atoms with Crippen LogP contribution in [0.3, 0.4) is 0 Å². The monoisotopic (exact) mass is 282 g/mol. The van der Waals surface area contributed by atoms with Crippen molar-refractivity contribution in [1.29, 1.82) is 0 Å². The van der Waals surface area contributed by atoms with E-state index in [2.05, 4.69) is 37.9 Å². The van der Waals surface area contributed by atoms with E-state index in [1.807, 2.05) is 0 Å². The Kier molecular flexibility index (Phi) is 5.08. The van der Waals surface area contributed by atoms with Crippen LogP contribution in [0.2, 0.25) is 0 Å². The molecule has 2 rings (SSSR count). The van der Waals surface area contributed by atoms with E-state index in [9.17, 15) is 4.79 Å². The summed E-state index contributed by atoms with van der Waals surface area (Å²) in [6.45, 7) is 8.71. The zero-order valence-corrected chi connectivity index (χ0v) is 13.6. The second-order valence-electron chi connectivity index (χ2n) is 6.79. The van der Waals surface area contributed by atoms with Gasteiger partial charge in [0.15, 0.2) is 0 Å². The van der Waals surface area contributed by atoms with Gasteiger partial charge in [0, 0.05) is 13.2 Å². The summed E-state index contributed by atoms with van der Waals surface area (Å²) in [6.07, 6.45) is 4.67. The third kappa shape index (κ3) is 2.86. The van der Waals surface area contributed by atoms with E-state index in [0.717, 1.165) is 25.7 Å². The molecule has 0 spiro atoms. The van der Waals surface area contributed by atoms with Gasteiger partial charge in [-0.15, -0.1) is 0 Å². The van der Waals surface area contributed by atoms with Gasteiger partial charge in [-0.3, -0.25) is 10.1 Å². The molecule has 0 aromatic carbocycles. The molecule has 5 unspecified atom stereocenters. The lowest BCUT2D eigenvalue weighted by Gasteiger charge is -2.32. The van der Waals surface area contributed by atoms with E-state index in [4.69, 9.17) is 4.74 Å². The maximum Gasteiger partial charge on any atom is 0.241 e. The number of ether oxygens (including phenoxy) is 1. The normalized spacial score (nSPS) is 36.1. The number of amides is 1. The Morgan fingerprint density at radius 3 is 2.55 bits per heavy atom. The van der Waals surface area contributed by atoms with E-state index in [1.165, 1.54) is 0 Å². The first-order valence-electron chi connectivity index (χ1n) is 8.10. The molecule has 1 heterocycles. The minimum Gasteiger partial charge on any atom is -0.381 e. The largest absolute Gasteiger partial charge is 0.381 e. The first kappa shape index (κ1) is 15.8. The van der Waals surface area contributed by atoms with Gasteiger partial charge in [0.05, 0.1) is 18.3 Å². The highest BCUT2D eigenvalue weighted by Crippen LogP contribution is 2.33. The predicted molar refractivity (Wildman–Crippen MR) is 80.3 cm³/mol. The van der Waals surface area contributed by atoms with Crippen molar-refractivity contribution in [2.75, 3.05) is 7.11 Å². The van der Waals surface area contributed by atoms with Gasteiger partial charge < -0.3 is 9.64 Å². The molecular formula is C16H30N2O2. The highest BCUT2D eigenvalue weighted by molar-refractivity contribution is 5.85. The van der Waals surface area contributed by atoms with Crippen LogP contribution >= 0.6 is 0 Å². The average Bonchev–Trinajstić information content (AvgIpc) is 3.01. The van der Waals surface area contributed by atoms with Crippen molar-refractivity contribution in [3.63, 3.8) is 0 Å². The fourth-order valence-electron chi connectivity index (χ4n) is 3.58.